The lowest BCUT2D eigenvalue weighted by molar-refractivity contribution is 0.128. The highest BCUT2D eigenvalue weighted by atomic mass is 16.5. The lowest BCUT2D eigenvalue weighted by atomic mass is 10.1. The zero-order chi connectivity index (χ0) is 14.0. The van der Waals surface area contributed by atoms with Crippen LogP contribution < -0.4 is 15.4 Å². The highest BCUT2D eigenvalue weighted by molar-refractivity contribution is 5.62. The Morgan fingerprint density at radius 3 is 2.32 bits per heavy atom. The largest absolute Gasteiger partial charge is 0.490 e. The van der Waals surface area contributed by atoms with Crippen molar-refractivity contribution in [3.8, 4) is 5.75 Å². The van der Waals surface area contributed by atoms with Crippen LogP contribution in [-0.4, -0.2) is 53.7 Å². The minimum atomic E-state index is 0.209. The molecule has 2 N–H and O–H groups in total. The van der Waals surface area contributed by atoms with Crippen LogP contribution in [0.2, 0.25) is 0 Å². The zero-order valence-electron chi connectivity index (χ0n) is 12.2. The van der Waals surface area contributed by atoms with E-state index in [1.54, 1.807) is 7.11 Å². The molecule has 1 aromatic heterocycles. The third-order valence-corrected chi connectivity index (χ3v) is 3.54. The first-order valence-electron chi connectivity index (χ1n) is 6.58. The Morgan fingerprint density at radius 2 is 1.79 bits per heavy atom. The second-order valence-electron chi connectivity index (χ2n) is 5.76. The van der Waals surface area contributed by atoms with Gasteiger partial charge in [-0.05, 0) is 20.8 Å². The standard InChI is InChI=1S/C13H23N5O/c1-13(2,3)18-7-5-17(6-8-18)12-10(19-4)11(14)15-9-16-12/h9H,5-8H2,1-4H3,(H2,14,15,16). The SMILES string of the molecule is COc1c(N)ncnc1N1CCN(C(C)(C)C)CC1. The van der Waals surface area contributed by atoms with Gasteiger partial charge in [0.1, 0.15) is 6.33 Å². The van der Waals surface area contributed by atoms with Crippen molar-refractivity contribution in [1.82, 2.24) is 14.9 Å². The van der Waals surface area contributed by atoms with Crippen molar-refractivity contribution in [2.75, 3.05) is 43.9 Å². The smallest absolute Gasteiger partial charge is 0.204 e. The van der Waals surface area contributed by atoms with E-state index in [9.17, 15) is 0 Å². The van der Waals surface area contributed by atoms with Crippen LogP contribution in [0.15, 0.2) is 6.33 Å². The van der Waals surface area contributed by atoms with Gasteiger partial charge in [-0.2, -0.15) is 0 Å². The fourth-order valence-corrected chi connectivity index (χ4v) is 2.39. The van der Waals surface area contributed by atoms with E-state index >= 15 is 0 Å². The lowest BCUT2D eigenvalue weighted by Crippen LogP contribution is -2.53. The van der Waals surface area contributed by atoms with Gasteiger partial charge in [0.2, 0.25) is 5.75 Å². The molecule has 0 unspecified atom stereocenters. The van der Waals surface area contributed by atoms with Crippen LogP contribution in [-0.2, 0) is 0 Å². The van der Waals surface area contributed by atoms with Gasteiger partial charge < -0.3 is 15.4 Å². The normalized spacial score (nSPS) is 17.6. The molecule has 0 spiro atoms. The van der Waals surface area contributed by atoms with Crippen molar-refractivity contribution in [2.45, 2.75) is 26.3 Å². The monoisotopic (exact) mass is 265 g/mol. The molecule has 0 atom stereocenters. The summed E-state index contributed by atoms with van der Waals surface area (Å²) in [5.74, 6) is 1.76. The van der Waals surface area contributed by atoms with Gasteiger partial charge in [-0.25, -0.2) is 9.97 Å². The first kappa shape index (κ1) is 13.9. The number of rotatable bonds is 2. The highest BCUT2D eigenvalue weighted by Crippen LogP contribution is 2.30. The van der Waals surface area contributed by atoms with Crippen LogP contribution in [0.25, 0.3) is 0 Å². The topological polar surface area (TPSA) is 67.5 Å². The van der Waals surface area contributed by atoms with Crippen molar-refractivity contribution in [1.29, 1.82) is 0 Å². The molecule has 0 aromatic carbocycles. The van der Waals surface area contributed by atoms with Crippen LogP contribution in [0.5, 0.6) is 5.75 Å². The quantitative estimate of drug-likeness (QED) is 0.860. The molecule has 1 saturated heterocycles. The maximum absolute atomic E-state index is 5.82. The first-order valence-corrected chi connectivity index (χ1v) is 6.58. The summed E-state index contributed by atoms with van der Waals surface area (Å²) >= 11 is 0. The summed E-state index contributed by atoms with van der Waals surface area (Å²) < 4.78 is 5.32. The minimum absolute atomic E-state index is 0.209. The average molecular weight is 265 g/mol. The molecule has 0 bridgehead atoms. The third-order valence-electron chi connectivity index (χ3n) is 3.54. The Kier molecular flexibility index (Phi) is 3.80. The summed E-state index contributed by atoms with van der Waals surface area (Å²) in [5.41, 5.74) is 6.03. The number of methoxy groups -OCH3 is 1. The van der Waals surface area contributed by atoms with Crippen molar-refractivity contribution < 1.29 is 4.74 Å². The summed E-state index contributed by atoms with van der Waals surface area (Å²) in [6.45, 7) is 10.6. The predicted molar refractivity (Wildman–Crippen MR) is 76.5 cm³/mol. The van der Waals surface area contributed by atoms with Crippen LogP contribution in [0.4, 0.5) is 11.6 Å². The fraction of sp³-hybridized carbons (Fsp3) is 0.692. The number of ether oxygens (including phenoxy) is 1. The molecule has 1 fully saturated rings. The Balaban J connectivity index is 2.12. The molecule has 6 nitrogen and oxygen atoms in total. The number of hydrogen-bond acceptors (Lipinski definition) is 6. The predicted octanol–water partition coefficient (Wildman–Crippen LogP) is 0.988. The van der Waals surface area contributed by atoms with Gasteiger partial charge >= 0.3 is 0 Å². The van der Waals surface area contributed by atoms with E-state index in [1.807, 2.05) is 0 Å². The third kappa shape index (κ3) is 2.89. The number of nitrogen functional groups attached to an aromatic ring is 1. The highest BCUT2D eigenvalue weighted by Gasteiger charge is 2.27. The van der Waals surface area contributed by atoms with E-state index in [-0.39, 0.29) is 5.54 Å². The second kappa shape index (κ2) is 5.21. The van der Waals surface area contributed by atoms with Gasteiger partial charge in [0.15, 0.2) is 11.6 Å². The molecule has 106 valence electrons. The van der Waals surface area contributed by atoms with Crippen LogP contribution in [0.1, 0.15) is 20.8 Å². The van der Waals surface area contributed by atoms with E-state index in [4.69, 9.17) is 10.5 Å². The summed E-state index contributed by atoms with van der Waals surface area (Å²) in [5, 5.41) is 0. The first-order chi connectivity index (χ1) is 8.93. The molecule has 6 heteroatoms. The lowest BCUT2D eigenvalue weighted by Gasteiger charge is -2.42. The van der Waals surface area contributed by atoms with Crippen molar-refractivity contribution in [3.05, 3.63) is 6.33 Å². The number of nitrogens with two attached hydrogens (primary N) is 1. The van der Waals surface area contributed by atoms with Gasteiger partial charge in [-0.1, -0.05) is 0 Å². The number of anilines is 2. The molecule has 2 rings (SSSR count). The Morgan fingerprint density at radius 1 is 1.16 bits per heavy atom. The molecular weight excluding hydrogens is 242 g/mol. The summed E-state index contributed by atoms with van der Waals surface area (Å²) in [6.07, 6.45) is 1.49. The fourth-order valence-electron chi connectivity index (χ4n) is 2.39. The van der Waals surface area contributed by atoms with Gasteiger partial charge in [0, 0.05) is 31.7 Å². The molecule has 1 aliphatic rings. The van der Waals surface area contributed by atoms with E-state index in [2.05, 4.69) is 40.5 Å². The average Bonchev–Trinajstić information content (AvgIpc) is 2.37. The molecule has 0 saturated carbocycles. The van der Waals surface area contributed by atoms with Gasteiger partial charge in [0.05, 0.1) is 7.11 Å². The minimum Gasteiger partial charge on any atom is -0.490 e. The molecule has 1 aliphatic heterocycles. The van der Waals surface area contributed by atoms with E-state index in [1.165, 1.54) is 6.33 Å². The van der Waals surface area contributed by atoms with E-state index in [0.717, 1.165) is 32.0 Å². The molecule has 0 amide bonds. The number of hydrogen-bond donors (Lipinski definition) is 1. The number of piperazine rings is 1. The van der Waals surface area contributed by atoms with Crippen molar-refractivity contribution >= 4 is 11.6 Å². The van der Waals surface area contributed by atoms with Crippen molar-refractivity contribution in [2.24, 2.45) is 0 Å². The number of aromatic nitrogens is 2. The summed E-state index contributed by atoms with van der Waals surface area (Å²) in [4.78, 5) is 13.0. The molecular formula is C13H23N5O. The zero-order valence-corrected chi connectivity index (χ0v) is 12.2. The molecule has 1 aromatic rings. The van der Waals surface area contributed by atoms with E-state index < -0.39 is 0 Å². The van der Waals surface area contributed by atoms with Crippen LogP contribution >= 0.6 is 0 Å². The maximum atomic E-state index is 5.82. The Labute approximate surface area is 114 Å². The van der Waals surface area contributed by atoms with E-state index in [0.29, 0.717) is 11.6 Å². The molecule has 2 heterocycles. The summed E-state index contributed by atoms with van der Waals surface area (Å²) in [6, 6.07) is 0. The molecule has 0 radical (unpaired) electrons. The second-order valence-corrected chi connectivity index (χ2v) is 5.76. The Hall–Kier alpha value is -1.56. The van der Waals surface area contributed by atoms with Gasteiger partial charge in [0.25, 0.3) is 0 Å². The van der Waals surface area contributed by atoms with Crippen LogP contribution in [0, 0.1) is 0 Å². The molecule has 0 aliphatic carbocycles. The summed E-state index contributed by atoms with van der Waals surface area (Å²) in [7, 11) is 1.60. The van der Waals surface area contributed by atoms with Gasteiger partial charge in [-0.15, -0.1) is 0 Å². The maximum Gasteiger partial charge on any atom is 0.204 e. The number of nitrogens with zero attached hydrogens (tertiary/aromatic N) is 4. The van der Waals surface area contributed by atoms with Gasteiger partial charge in [-0.3, -0.25) is 4.90 Å². The van der Waals surface area contributed by atoms with Crippen molar-refractivity contribution in [3.63, 3.8) is 0 Å². The Bertz CT molecular complexity index is 435. The molecule has 19 heavy (non-hydrogen) atoms. The van der Waals surface area contributed by atoms with Crippen LogP contribution in [0.3, 0.4) is 0 Å².